The third kappa shape index (κ3) is 2.77. The van der Waals surface area contributed by atoms with Crippen LogP contribution in [0.1, 0.15) is 11.4 Å². The molecule has 0 aliphatic carbocycles. The molecule has 13 heavy (non-hydrogen) atoms. The SMILES string of the molecule is Cc1ccc(C)n1NCCN(C)C. The highest BCUT2D eigenvalue weighted by atomic mass is 15.4. The Bertz CT molecular complexity index is 244. The molecule has 0 atom stereocenters. The highest BCUT2D eigenvalue weighted by Crippen LogP contribution is 2.03. The molecule has 1 aromatic heterocycles. The molecule has 0 saturated carbocycles. The van der Waals surface area contributed by atoms with Crippen LogP contribution in [0.5, 0.6) is 0 Å². The van der Waals surface area contributed by atoms with Crippen LogP contribution < -0.4 is 5.43 Å². The van der Waals surface area contributed by atoms with Crippen molar-refractivity contribution in [1.82, 2.24) is 9.58 Å². The van der Waals surface area contributed by atoms with Gasteiger partial charge < -0.3 is 10.3 Å². The lowest BCUT2D eigenvalue weighted by atomic mass is 10.5. The van der Waals surface area contributed by atoms with Crippen LogP contribution in [0, 0.1) is 13.8 Å². The van der Waals surface area contributed by atoms with E-state index in [1.54, 1.807) is 0 Å². The first-order valence-corrected chi connectivity index (χ1v) is 4.65. The van der Waals surface area contributed by atoms with Crippen LogP contribution in [0.2, 0.25) is 0 Å². The van der Waals surface area contributed by atoms with Gasteiger partial charge in [-0.2, -0.15) is 0 Å². The van der Waals surface area contributed by atoms with E-state index in [9.17, 15) is 0 Å². The summed E-state index contributed by atoms with van der Waals surface area (Å²) in [4.78, 5) is 2.17. The maximum Gasteiger partial charge on any atom is 0.0441 e. The number of rotatable bonds is 4. The van der Waals surface area contributed by atoms with Crippen LogP contribution >= 0.6 is 0 Å². The first-order chi connectivity index (χ1) is 6.11. The number of aryl methyl sites for hydroxylation is 2. The van der Waals surface area contributed by atoms with E-state index in [-0.39, 0.29) is 0 Å². The second kappa shape index (κ2) is 4.33. The van der Waals surface area contributed by atoms with Crippen molar-refractivity contribution in [2.24, 2.45) is 0 Å². The second-order valence-corrected chi connectivity index (χ2v) is 3.66. The monoisotopic (exact) mass is 181 g/mol. The van der Waals surface area contributed by atoms with Crippen LogP contribution in [0.25, 0.3) is 0 Å². The lowest BCUT2D eigenvalue weighted by molar-refractivity contribution is 0.419. The molecule has 0 saturated heterocycles. The number of likely N-dealkylation sites (N-methyl/N-ethyl adjacent to an activating group) is 1. The number of nitrogens with zero attached hydrogens (tertiary/aromatic N) is 2. The fraction of sp³-hybridized carbons (Fsp3) is 0.600. The summed E-state index contributed by atoms with van der Waals surface area (Å²) < 4.78 is 2.13. The lowest BCUT2D eigenvalue weighted by Crippen LogP contribution is -2.27. The largest absolute Gasteiger partial charge is 0.325 e. The molecule has 0 radical (unpaired) electrons. The number of aromatic nitrogens is 1. The zero-order chi connectivity index (χ0) is 9.84. The number of hydrogen-bond donors (Lipinski definition) is 1. The predicted molar refractivity (Wildman–Crippen MR) is 56.7 cm³/mol. The Hall–Kier alpha value is -0.960. The molecule has 0 aliphatic rings. The quantitative estimate of drug-likeness (QED) is 0.753. The summed E-state index contributed by atoms with van der Waals surface area (Å²) in [5.41, 5.74) is 5.89. The van der Waals surface area contributed by atoms with Gasteiger partial charge in [0.2, 0.25) is 0 Å². The molecule has 0 aromatic carbocycles. The van der Waals surface area contributed by atoms with Gasteiger partial charge in [-0.15, -0.1) is 0 Å². The predicted octanol–water partition coefficient (Wildman–Crippen LogP) is 1.21. The van der Waals surface area contributed by atoms with Gasteiger partial charge in [0.05, 0.1) is 0 Å². The fourth-order valence-electron chi connectivity index (χ4n) is 1.30. The molecule has 74 valence electrons. The molecular formula is C10H19N3. The average Bonchev–Trinajstić information content (AvgIpc) is 2.34. The van der Waals surface area contributed by atoms with Crippen molar-refractivity contribution in [3.63, 3.8) is 0 Å². The van der Waals surface area contributed by atoms with Crippen molar-refractivity contribution in [3.8, 4) is 0 Å². The highest BCUT2D eigenvalue weighted by molar-refractivity contribution is 5.15. The van der Waals surface area contributed by atoms with Gasteiger partial charge in [0.15, 0.2) is 0 Å². The van der Waals surface area contributed by atoms with Gasteiger partial charge >= 0.3 is 0 Å². The van der Waals surface area contributed by atoms with E-state index in [0.717, 1.165) is 13.1 Å². The Morgan fingerprint density at radius 3 is 2.23 bits per heavy atom. The second-order valence-electron chi connectivity index (χ2n) is 3.66. The first kappa shape index (κ1) is 10.1. The minimum atomic E-state index is 0.976. The number of hydrogen-bond acceptors (Lipinski definition) is 2. The summed E-state index contributed by atoms with van der Waals surface area (Å²) in [5, 5.41) is 0. The average molecular weight is 181 g/mol. The van der Waals surface area contributed by atoms with Crippen LogP contribution in [0.3, 0.4) is 0 Å². The van der Waals surface area contributed by atoms with Gasteiger partial charge in [-0.3, -0.25) is 4.68 Å². The lowest BCUT2D eigenvalue weighted by Gasteiger charge is -2.15. The van der Waals surface area contributed by atoms with E-state index in [1.807, 2.05) is 0 Å². The molecule has 0 spiro atoms. The van der Waals surface area contributed by atoms with Crippen molar-refractivity contribution in [3.05, 3.63) is 23.5 Å². The van der Waals surface area contributed by atoms with Gasteiger partial charge in [0.1, 0.15) is 0 Å². The Morgan fingerprint density at radius 1 is 1.23 bits per heavy atom. The van der Waals surface area contributed by atoms with Crippen LogP contribution in [-0.4, -0.2) is 36.8 Å². The summed E-state index contributed by atoms with van der Waals surface area (Å²) in [6, 6.07) is 4.25. The van der Waals surface area contributed by atoms with Crippen molar-refractivity contribution in [2.75, 3.05) is 32.6 Å². The van der Waals surface area contributed by atoms with Gasteiger partial charge in [-0.1, -0.05) is 0 Å². The van der Waals surface area contributed by atoms with E-state index >= 15 is 0 Å². The van der Waals surface area contributed by atoms with E-state index in [2.05, 4.69) is 55.1 Å². The van der Waals surface area contributed by atoms with E-state index in [0.29, 0.717) is 0 Å². The summed E-state index contributed by atoms with van der Waals surface area (Å²) in [7, 11) is 4.16. The summed E-state index contributed by atoms with van der Waals surface area (Å²) in [5.74, 6) is 0. The summed E-state index contributed by atoms with van der Waals surface area (Å²) in [6.07, 6.45) is 0. The van der Waals surface area contributed by atoms with Crippen LogP contribution in [-0.2, 0) is 0 Å². The van der Waals surface area contributed by atoms with E-state index in [1.165, 1.54) is 11.4 Å². The minimum absolute atomic E-state index is 0.976. The zero-order valence-electron chi connectivity index (χ0n) is 8.96. The molecule has 1 rings (SSSR count). The van der Waals surface area contributed by atoms with Gasteiger partial charge in [-0.05, 0) is 40.1 Å². The Morgan fingerprint density at radius 2 is 1.77 bits per heavy atom. The molecular weight excluding hydrogens is 162 g/mol. The maximum absolute atomic E-state index is 3.37. The van der Waals surface area contributed by atoms with E-state index in [4.69, 9.17) is 0 Å². The van der Waals surface area contributed by atoms with Crippen molar-refractivity contribution >= 4 is 0 Å². The summed E-state index contributed by atoms with van der Waals surface area (Å²) >= 11 is 0. The third-order valence-corrected chi connectivity index (χ3v) is 2.10. The molecule has 1 heterocycles. The van der Waals surface area contributed by atoms with Crippen LogP contribution in [0.15, 0.2) is 12.1 Å². The normalized spacial score (nSPS) is 10.8. The Kier molecular flexibility index (Phi) is 3.37. The van der Waals surface area contributed by atoms with Crippen LogP contribution in [0.4, 0.5) is 0 Å². The van der Waals surface area contributed by atoms with Gasteiger partial charge in [-0.25, -0.2) is 0 Å². The van der Waals surface area contributed by atoms with Crippen molar-refractivity contribution in [1.29, 1.82) is 0 Å². The molecule has 1 N–H and O–H groups in total. The number of nitrogens with one attached hydrogen (secondary N) is 1. The third-order valence-electron chi connectivity index (χ3n) is 2.10. The Labute approximate surface area is 80.3 Å². The molecule has 0 fully saturated rings. The molecule has 0 unspecified atom stereocenters. The minimum Gasteiger partial charge on any atom is -0.325 e. The zero-order valence-corrected chi connectivity index (χ0v) is 8.96. The molecule has 0 bridgehead atoms. The van der Waals surface area contributed by atoms with E-state index < -0.39 is 0 Å². The first-order valence-electron chi connectivity index (χ1n) is 4.65. The molecule has 3 heteroatoms. The highest BCUT2D eigenvalue weighted by Gasteiger charge is 1.98. The van der Waals surface area contributed by atoms with Crippen molar-refractivity contribution in [2.45, 2.75) is 13.8 Å². The smallest absolute Gasteiger partial charge is 0.0441 e. The molecule has 0 aliphatic heterocycles. The topological polar surface area (TPSA) is 20.2 Å². The summed E-state index contributed by atoms with van der Waals surface area (Å²) in [6.45, 7) is 6.24. The maximum atomic E-state index is 3.37. The standard InChI is InChI=1S/C10H19N3/c1-9-5-6-10(2)13(9)11-7-8-12(3)4/h5-6,11H,7-8H2,1-4H3. The Balaban J connectivity index is 2.44. The van der Waals surface area contributed by atoms with Gasteiger partial charge in [0, 0.05) is 24.5 Å². The van der Waals surface area contributed by atoms with Crippen molar-refractivity contribution < 1.29 is 0 Å². The molecule has 1 aromatic rings. The molecule has 0 amide bonds. The van der Waals surface area contributed by atoms with Gasteiger partial charge in [0.25, 0.3) is 0 Å². The fourth-order valence-corrected chi connectivity index (χ4v) is 1.30. The molecule has 3 nitrogen and oxygen atoms in total.